The molecule has 0 fully saturated rings. The van der Waals surface area contributed by atoms with Crippen LogP contribution in [0.25, 0.3) is 0 Å². The molecular formula is C10H19N3O2S. The van der Waals surface area contributed by atoms with E-state index in [0.29, 0.717) is 12.2 Å². The number of nitrogens with one attached hydrogen (secondary N) is 2. The third-order valence-electron chi connectivity index (χ3n) is 2.48. The third-order valence-corrected chi connectivity index (χ3v) is 3.81. The molecule has 0 aliphatic heterocycles. The molecule has 0 radical (unpaired) electrons. The minimum Gasteiger partial charge on any atom is -0.280 e. The summed E-state index contributed by atoms with van der Waals surface area (Å²) in [6.07, 6.45) is 2.34. The summed E-state index contributed by atoms with van der Waals surface area (Å²) in [6.45, 7) is 5.82. The van der Waals surface area contributed by atoms with Crippen LogP contribution in [0.15, 0.2) is 0 Å². The highest BCUT2D eigenvalue weighted by atomic mass is 32.2. The van der Waals surface area contributed by atoms with Crippen LogP contribution >= 0.6 is 0 Å². The molecule has 6 heteroatoms. The molecule has 92 valence electrons. The third kappa shape index (κ3) is 3.23. The molecule has 0 spiro atoms. The summed E-state index contributed by atoms with van der Waals surface area (Å²) < 4.78 is 25.8. The Balaban J connectivity index is 2.76. The number of H-pyrrole nitrogens is 1. The first-order valence-electron chi connectivity index (χ1n) is 5.54. The Bertz CT molecular complexity index is 437. The van der Waals surface area contributed by atoms with E-state index in [1.807, 2.05) is 20.8 Å². The van der Waals surface area contributed by atoms with Crippen molar-refractivity contribution < 1.29 is 8.42 Å². The number of sulfonamides is 1. The fraction of sp³-hybridized carbons (Fsp3) is 0.700. The lowest BCUT2D eigenvalue weighted by Gasteiger charge is -2.05. The number of aryl methyl sites for hydroxylation is 1. The molecule has 5 nitrogen and oxygen atoms in total. The summed E-state index contributed by atoms with van der Waals surface area (Å²) in [6, 6.07) is 0. The molecule has 0 amide bonds. The molecule has 2 N–H and O–H groups in total. The van der Waals surface area contributed by atoms with Crippen molar-refractivity contribution in [2.24, 2.45) is 0 Å². The predicted octanol–water partition coefficient (Wildman–Crippen LogP) is 1.82. The summed E-state index contributed by atoms with van der Waals surface area (Å²) in [5, 5.41) is 6.79. The van der Waals surface area contributed by atoms with Crippen LogP contribution in [0.5, 0.6) is 0 Å². The van der Waals surface area contributed by atoms with Crippen molar-refractivity contribution in [2.45, 2.75) is 40.0 Å². The average Bonchev–Trinajstić information content (AvgIpc) is 2.57. The van der Waals surface area contributed by atoms with Crippen molar-refractivity contribution in [1.29, 1.82) is 0 Å². The van der Waals surface area contributed by atoms with Gasteiger partial charge in [0.1, 0.15) is 0 Å². The van der Waals surface area contributed by atoms with E-state index in [0.717, 1.165) is 24.1 Å². The topological polar surface area (TPSA) is 74.8 Å². The van der Waals surface area contributed by atoms with Gasteiger partial charge in [-0.1, -0.05) is 20.3 Å². The lowest BCUT2D eigenvalue weighted by atomic mass is 10.2. The fourth-order valence-corrected chi connectivity index (χ4v) is 2.67. The van der Waals surface area contributed by atoms with Gasteiger partial charge in [0.25, 0.3) is 0 Å². The van der Waals surface area contributed by atoms with E-state index in [2.05, 4.69) is 14.9 Å². The van der Waals surface area contributed by atoms with Crippen LogP contribution in [0.1, 0.15) is 37.9 Å². The normalized spacial score (nSPS) is 11.7. The zero-order chi connectivity index (χ0) is 12.2. The summed E-state index contributed by atoms with van der Waals surface area (Å²) >= 11 is 0. The van der Waals surface area contributed by atoms with Crippen LogP contribution in [-0.2, 0) is 16.4 Å². The monoisotopic (exact) mass is 245 g/mol. The minimum absolute atomic E-state index is 0.150. The number of hydrogen-bond donors (Lipinski definition) is 2. The first-order chi connectivity index (χ1) is 7.50. The van der Waals surface area contributed by atoms with Crippen LogP contribution in [0.3, 0.4) is 0 Å². The molecule has 0 aliphatic rings. The number of aromatic nitrogens is 2. The van der Waals surface area contributed by atoms with Gasteiger partial charge in [0.05, 0.1) is 5.75 Å². The highest BCUT2D eigenvalue weighted by Gasteiger charge is 2.14. The maximum Gasteiger partial charge on any atom is 0.233 e. The molecule has 0 atom stereocenters. The van der Waals surface area contributed by atoms with Gasteiger partial charge in [0.15, 0.2) is 5.82 Å². The van der Waals surface area contributed by atoms with Crippen molar-refractivity contribution in [3.8, 4) is 0 Å². The van der Waals surface area contributed by atoms with E-state index in [1.165, 1.54) is 0 Å². The summed E-state index contributed by atoms with van der Waals surface area (Å²) in [7, 11) is -3.25. The molecule has 16 heavy (non-hydrogen) atoms. The Kier molecular flexibility index (Phi) is 4.35. The van der Waals surface area contributed by atoms with Crippen LogP contribution < -0.4 is 4.72 Å². The Labute approximate surface area is 96.7 Å². The van der Waals surface area contributed by atoms with E-state index in [9.17, 15) is 8.42 Å². The number of anilines is 1. The van der Waals surface area contributed by atoms with Gasteiger partial charge >= 0.3 is 0 Å². The standard InChI is InChI=1S/C10H19N3O2S/c1-4-6-7-16(14,15)13-10-8(3)9(5-2)11-12-10/h4-7H2,1-3H3,(H2,11,12,13). The Morgan fingerprint density at radius 1 is 1.38 bits per heavy atom. The first-order valence-corrected chi connectivity index (χ1v) is 7.19. The van der Waals surface area contributed by atoms with Crippen molar-refractivity contribution in [3.05, 3.63) is 11.3 Å². The lowest BCUT2D eigenvalue weighted by molar-refractivity contribution is 0.597. The van der Waals surface area contributed by atoms with Crippen molar-refractivity contribution >= 4 is 15.8 Å². The largest absolute Gasteiger partial charge is 0.280 e. The van der Waals surface area contributed by atoms with E-state index in [4.69, 9.17) is 0 Å². The zero-order valence-electron chi connectivity index (χ0n) is 10.0. The van der Waals surface area contributed by atoms with Gasteiger partial charge in [-0.3, -0.25) is 9.82 Å². The van der Waals surface area contributed by atoms with Crippen molar-refractivity contribution in [2.75, 3.05) is 10.5 Å². The molecule has 0 aliphatic carbocycles. The summed E-state index contributed by atoms with van der Waals surface area (Å²) in [5.41, 5.74) is 1.84. The smallest absolute Gasteiger partial charge is 0.233 e. The maximum absolute atomic E-state index is 11.6. The maximum atomic E-state index is 11.6. The molecule has 1 aromatic heterocycles. The van der Waals surface area contributed by atoms with Gasteiger partial charge in [-0.25, -0.2) is 8.42 Å². The van der Waals surface area contributed by atoms with Crippen LogP contribution in [0.4, 0.5) is 5.82 Å². The van der Waals surface area contributed by atoms with E-state index < -0.39 is 10.0 Å². The predicted molar refractivity (Wildman–Crippen MR) is 65.0 cm³/mol. The lowest BCUT2D eigenvalue weighted by Crippen LogP contribution is -2.17. The van der Waals surface area contributed by atoms with Crippen LogP contribution in [-0.4, -0.2) is 24.4 Å². The van der Waals surface area contributed by atoms with Crippen LogP contribution in [0.2, 0.25) is 0 Å². The Morgan fingerprint density at radius 2 is 2.06 bits per heavy atom. The van der Waals surface area contributed by atoms with Crippen molar-refractivity contribution in [3.63, 3.8) is 0 Å². The molecule has 0 saturated heterocycles. The fourth-order valence-electron chi connectivity index (χ4n) is 1.41. The van der Waals surface area contributed by atoms with E-state index >= 15 is 0 Å². The Hall–Kier alpha value is -1.04. The minimum atomic E-state index is -3.25. The molecule has 0 aromatic carbocycles. The van der Waals surface area contributed by atoms with E-state index in [1.54, 1.807) is 0 Å². The first kappa shape index (κ1) is 13.0. The summed E-state index contributed by atoms with van der Waals surface area (Å²) in [4.78, 5) is 0. The second-order valence-corrected chi connectivity index (χ2v) is 5.65. The molecule has 1 aromatic rings. The molecule has 1 rings (SSSR count). The number of hydrogen-bond acceptors (Lipinski definition) is 3. The number of rotatable bonds is 6. The average molecular weight is 245 g/mol. The highest BCUT2D eigenvalue weighted by molar-refractivity contribution is 7.92. The number of unbranched alkanes of at least 4 members (excludes halogenated alkanes) is 1. The van der Waals surface area contributed by atoms with Gasteiger partial charge in [-0.05, 0) is 19.8 Å². The quantitative estimate of drug-likeness (QED) is 0.802. The molecular weight excluding hydrogens is 226 g/mol. The van der Waals surface area contributed by atoms with Crippen LogP contribution in [0, 0.1) is 6.92 Å². The highest BCUT2D eigenvalue weighted by Crippen LogP contribution is 2.16. The van der Waals surface area contributed by atoms with Crippen molar-refractivity contribution in [1.82, 2.24) is 10.2 Å². The molecule has 0 bridgehead atoms. The second kappa shape index (κ2) is 5.34. The summed E-state index contributed by atoms with van der Waals surface area (Å²) in [5.74, 6) is 0.574. The zero-order valence-corrected chi connectivity index (χ0v) is 10.8. The number of aromatic amines is 1. The van der Waals surface area contributed by atoms with Gasteiger partial charge in [0, 0.05) is 11.3 Å². The molecule has 0 unspecified atom stereocenters. The SMILES string of the molecule is CCCCS(=O)(=O)Nc1n[nH]c(CC)c1C. The van der Waals surface area contributed by atoms with Gasteiger partial charge in [0.2, 0.25) is 10.0 Å². The Morgan fingerprint density at radius 3 is 2.56 bits per heavy atom. The molecule has 0 saturated carbocycles. The van der Waals surface area contributed by atoms with Gasteiger partial charge in [-0.15, -0.1) is 0 Å². The van der Waals surface area contributed by atoms with Gasteiger partial charge < -0.3 is 0 Å². The molecule has 1 heterocycles. The van der Waals surface area contributed by atoms with Gasteiger partial charge in [-0.2, -0.15) is 5.10 Å². The number of nitrogens with zero attached hydrogens (tertiary/aromatic N) is 1. The van der Waals surface area contributed by atoms with E-state index in [-0.39, 0.29) is 5.75 Å². The second-order valence-electron chi connectivity index (χ2n) is 3.80.